The summed E-state index contributed by atoms with van der Waals surface area (Å²) in [6.07, 6.45) is -4.65. The number of hydrogen-bond donors (Lipinski definition) is 2. The molecule has 2 N–H and O–H groups in total. The van der Waals surface area contributed by atoms with Crippen LogP contribution in [0.3, 0.4) is 0 Å². The van der Waals surface area contributed by atoms with E-state index >= 15 is 0 Å². The van der Waals surface area contributed by atoms with Gasteiger partial charge < -0.3 is 5.32 Å². The topological polar surface area (TPSA) is 75.3 Å². The third-order valence-electron chi connectivity index (χ3n) is 3.04. The SMILES string of the molecule is O=C(CNS(=O)(=O)c1cccc(Cl)c1)Nc1ccccc1C(F)(F)F. The summed E-state index contributed by atoms with van der Waals surface area (Å²) in [6, 6.07) is 9.73. The molecule has 134 valence electrons. The maximum atomic E-state index is 12.9. The Labute approximate surface area is 146 Å². The predicted octanol–water partition coefficient (Wildman–Crippen LogP) is 3.28. The molecule has 2 aromatic carbocycles. The van der Waals surface area contributed by atoms with Crippen molar-refractivity contribution in [3.05, 3.63) is 59.1 Å². The molecule has 0 aliphatic rings. The first-order valence-electron chi connectivity index (χ1n) is 6.81. The molecule has 25 heavy (non-hydrogen) atoms. The number of nitrogens with one attached hydrogen (secondary N) is 2. The minimum atomic E-state index is -4.65. The summed E-state index contributed by atoms with van der Waals surface area (Å²) in [5.41, 5.74) is -1.48. The van der Waals surface area contributed by atoms with Gasteiger partial charge in [0.25, 0.3) is 0 Å². The molecule has 0 aromatic heterocycles. The summed E-state index contributed by atoms with van der Waals surface area (Å²) >= 11 is 5.70. The van der Waals surface area contributed by atoms with Crippen LogP contribution in [0.5, 0.6) is 0 Å². The van der Waals surface area contributed by atoms with Gasteiger partial charge in [-0.05, 0) is 30.3 Å². The molecule has 2 rings (SSSR count). The van der Waals surface area contributed by atoms with Crippen LogP contribution in [0.15, 0.2) is 53.4 Å². The molecule has 5 nitrogen and oxygen atoms in total. The predicted molar refractivity (Wildman–Crippen MR) is 86.7 cm³/mol. The van der Waals surface area contributed by atoms with Crippen molar-refractivity contribution in [2.75, 3.05) is 11.9 Å². The zero-order valence-electron chi connectivity index (χ0n) is 12.5. The third-order valence-corrected chi connectivity index (χ3v) is 4.67. The number of benzene rings is 2. The molecule has 0 radical (unpaired) electrons. The van der Waals surface area contributed by atoms with Gasteiger partial charge in [-0.3, -0.25) is 4.79 Å². The van der Waals surface area contributed by atoms with Gasteiger partial charge in [0.1, 0.15) is 0 Å². The summed E-state index contributed by atoms with van der Waals surface area (Å²) < 4.78 is 64.6. The molecule has 0 heterocycles. The molecule has 0 saturated carbocycles. The van der Waals surface area contributed by atoms with E-state index in [1.165, 1.54) is 36.4 Å². The molecule has 10 heteroatoms. The number of rotatable bonds is 5. The van der Waals surface area contributed by atoms with E-state index in [1.54, 1.807) is 0 Å². The lowest BCUT2D eigenvalue weighted by atomic mass is 10.1. The molecule has 0 unspecified atom stereocenters. The highest BCUT2D eigenvalue weighted by atomic mass is 35.5. The summed E-state index contributed by atoms with van der Waals surface area (Å²) in [7, 11) is -4.03. The second-order valence-electron chi connectivity index (χ2n) is 4.87. The average Bonchev–Trinajstić information content (AvgIpc) is 2.52. The molecule has 2 aromatic rings. The molecule has 0 atom stereocenters. The smallest absolute Gasteiger partial charge is 0.324 e. The van der Waals surface area contributed by atoms with Crippen LogP contribution in [0.4, 0.5) is 18.9 Å². The Morgan fingerprint density at radius 1 is 1.08 bits per heavy atom. The number of anilines is 1. The van der Waals surface area contributed by atoms with Crippen LogP contribution >= 0.6 is 11.6 Å². The molecule has 0 saturated heterocycles. The van der Waals surface area contributed by atoms with Crippen molar-refractivity contribution in [3.63, 3.8) is 0 Å². The van der Waals surface area contributed by atoms with Gasteiger partial charge in [-0.25, -0.2) is 13.1 Å². The van der Waals surface area contributed by atoms with Crippen LogP contribution in [-0.4, -0.2) is 20.9 Å². The molecule has 0 aliphatic carbocycles. The van der Waals surface area contributed by atoms with Crippen LogP contribution in [0.1, 0.15) is 5.56 Å². The van der Waals surface area contributed by atoms with Crippen LogP contribution < -0.4 is 10.0 Å². The molecule has 0 aliphatic heterocycles. The Morgan fingerprint density at radius 2 is 1.76 bits per heavy atom. The van der Waals surface area contributed by atoms with Crippen LogP contribution in [-0.2, 0) is 21.0 Å². The summed E-state index contributed by atoms with van der Waals surface area (Å²) in [4.78, 5) is 11.6. The van der Waals surface area contributed by atoms with Gasteiger partial charge in [0, 0.05) is 5.02 Å². The first-order chi connectivity index (χ1) is 11.6. The highest BCUT2D eigenvalue weighted by molar-refractivity contribution is 7.89. The zero-order chi connectivity index (χ0) is 18.7. The maximum absolute atomic E-state index is 12.9. The van der Waals surface area contributed by atoms with Gasteiger partial charge in [-0.2, -0.15) is 13.2 Å². The molecular weight excluding hydrogens is 381 g/mol. The number of alkyl halides is 3. The van der Waals surface area contributed by atoms with E-state index in [2.05, 4.69) is 0 Å². The molecule has 0 fully saturated rings. The van der Waals surface area contributed by atoms with Crippen molar-refractivity contribution in [3.8, 4) is 0 Å². The lowest BCUT2D eigenvalue weighted by Gasteiger charge is -2.13. The zero-order valence-corrected chi connectivity index (χ0v) is 14.0. The van der Waals surface area contributed by atoms with Crippen molar-refractivity contribution in [2.24, 2.45) is 0 Å². The Morgan fingerprint density at radius 3 is 2.40 bits per heavy atom. The summed E-state index contributed by atoms with van der Waals surface area (Å²) in [6.45, 7) is -0.735. The van der Waals surface area contributed by atoms with Crippen LogP contribution in [0, 0.1) is 0 Å². The van der Waals surface area contributed by atoms with Crippen LogP contribution in [0.2, 0.25) is 5.02 Å². The molecule has 1 amide bonds. The summed E-state index contributed by atoms with van der Waals surface area (Å²) in [5, 5.41) is 2.23. The second-order valence-corrected chi connectivity index (χ2v) is 7.08. The van der Waals surface area contributed by atoms with Crippen molar-refractivity contribution >= 4 is 33.2 Å². The highest BCUT2D eigenvalue weighted by Crippen LogP contribution is 2.34. The number of para-hydroxylation sites is 1. The Hall–Kier alpha value is -2.10. The average molecular weight is 393 g/mol. The van der Waals surface area contributed by atoms with Crippen molar-refractivity contribution in [1.82, 2.24) is 4.72 Å². The molecule has 0 spiro atoms. The van der Waals surface area contributed by atoms with E-state index in [1.807, 2.05) is 10.0 Å². The quantitative estimate of drug-likeness (QED) is 0.820. The van der Waals surface area contributed by atoms with Crippen molar-refractivity contribution < 1.29 is 26.4 Å². The van der Waals surface area contributed by atoms with E-state index in [-0.39, 0.29) is 9.92 Å². The monoisotopic (exact) mass is 392 g/mol. The Balaban J connectivity index is 2.07. The third kappa shape index (κ3) is 5.18. The first kappa shape index (κ1) is 19.2. The van der Waals surface area contributed by atoms with E-state index in [0.29, 0.717) is 0 Å². The fourth-order valence-electron chi connectivity index (χ4n) is 1.91. The van der Waals surface area contributed by atoms with E-state index in [9.17, 15) is 26.4 Å². The van der Waals surface area contributed by atoms with Crippen molar-refractivity contribution in [1.29, 1.82) is 0 Å². The van der Waals surface area contributed by atoms with E-state index < -0.39 is 39.9 Å². The van der Waals surface area contributed by atoms with Gasteiger partial charge in [-0.1, -0.05) is 29.8 Å². The molecular formula is C15H12ClF3N2O3S. The van der Waals surface area contributed by atoms with Crippen LogP contribution in [0.25, 0.3) is 0 Å². The minimum Gasteiger partial charge on any atom is -0.324 e. The Bertz CT molecular complexity index is 886. The number of carbonyl (C=O) groups is 1. The summed E-state index contributed by atoms with van der Waals surface area (Å²) in [5.74, 6) is -0.942. The number of sulfonamides is 1. The lowest BCUT2D eigenvalue weighted by Crippen LogP contribution is -2.33. The minimum absolute atomic E-state index is 0.163. The first-order valence-corrected chi connectivity index (χ1v) is 8.67. The number of amides is 1. The van der Waals surface area contributed by atoms with Gasteiger partial charge >= 0.3 is 6.18 Å². The fraction of sp³-hybridized carbons (Fsp3) is 0.133. The van der Waals surface area contributed by atoms with Crippen molar-refractivity contribution in [2.45, 2.75) is 11.1 Å². The van der Waals surface area contributed by atoms with E-state index in [4.69, 9.17) is 11.6 Å². The molecule has 0 bridgehead atoms. The maximum Gasteiger partial charge on any atom is 0.418 e. The highest BCUT2D eigenvalue weighted by Gasteiger charge is 2.33. The van der Waals surface area contributed by atoms with E-state index in [0.717, 1.165) is 12.1 Å². The lowest BCUT2D eigenvalue weighted by molar-refractivity contribution is -0.137. The van der Waals surface area contributed by atoms with Gasteiger partial charge in [0.05, 0.1) is 22.7 Å². The number of hydrogen-bond acceptors (Lipinski definition) is 3. The standard InChI is InChI=1S/C15H12ClF3N2O3S/c16-10-4-3-5-11(8-10)25(23,24)20-9-14(22)21-13-7-2-1-6-12(13)15(17,18)19/h1-8,20H,9H2,(H,21,22). The van der Waals surface area contributed by atoms with Gasteiger partial charge in [0.15, 0.2) is 0 Å². The number of carbonyl (C=O) groups excluding carboxylic acids is 1. The normalized spacial score (nSPS) is 12.0. The number of halogens is 4. The Kier molecular flexibility index (Phi) is 5.71. The largest absolute Gasteiger partial charge is 0.418 e. The fourth-order valence-corrected chi connectivity index (χ4v) is 3.19. The van der Waals surface area contributed by atoms with Gasteiger partial charge in [0.2, 0.25) is 15.9 Å². The second kappa shape index (κ2) is 7.42. The van der Waals surface area contributed by atoms with Gasteiger partial charge in [-0.15, -0.1) is 0 Å².